The van der Waals surface area contributed by atoms with Crippen LogP contribution in [-0.2, 0) is 6.42 Å². The van der Waals surface area contributed by atoms with E-state index in [1.54, 1.807) is 0 Å². The Bertz CT molecular complexity index is 780. The molecule has 0 aliphatic heterocycles. The Kier molecular flexibility index (Phi) is 4.62. The lowest BCUT2D eigenvalue weighted by Gasteiger charge is -2.14. The van der Waals surface area contributed by atoms with Crippen molar-refractivity contribution < 1.29 is 0 Å². The van der Waals surface area contributed by atoms with Crippen LogP contribution in [0.15, 0.2) is 66.7 Å². The zero-order chi connectivity index (χ0) is 16.2. The van der Waals surface area contributed by atoms with Crippen LogP contribution in [0.1, 0.15) is 30.0 Å². The molecule has 0 spiro atoms. The summed E-state index contributed by atoms with van der Waals surface area (Å²) in [5.41, 5.74) is 9.52. The summed E-state index contributed by atoms with van der Waals surface area (Å²) in [5, 5.41) is 0. The average molecular weight is 300 g/mol. The first-order chi connectivity index (χ1) is 11.2. The second-order valence-electron chi connectivity index (χ2n) is 6.22. The van der Waals surface area contributed by atoms with Gasteiger partial charge in [-0.15, -0.1) is 0 Å². The molecule has 0 N–H and O–H groups in total. The summed E-state index contributed by atoms with van der Waals surface area (Å²) in [4.78, 5) is 0. The van der Waals surface area contributed by atoms with Crippen molar-refractivity contribution in [3.63, 3.8) is 0 Å². The van der Waals surface area contributed by atoms with E-state index in [0.717, 1.165) is 0 Å². The minimum atomic E-state index is 1.17. The zero-order valence-corrected chi connectivity index (χ0v) is 14.3. The lowest BCUT2D eigenvalue weighted by Crippen LogP contribution is -1.94. The number of rotatable bonds is 4. The average Bonchev–Trinajstić information content (AvgIpc) is 2.60. The molecule has 0 heteroatoms. The Balaban J connectivity index is 1.95. The number of hydrogen-bond acceptors (Lipinski definition) is 0. The van der Waals surface area contributed by atoms with E-state index < -0.39 is 0 Å². The topological polar surface area (TPSA) is 0 Å². The molecule has 3 rings (SSSR count). The van der Waals surface area contributed by atoms with Gasteiger partial charge in [0.1, 0.15) is 0 Å². The summed E-state index contributed by atoms with van der Waals surface area (Å²) in [6.45, 7) is 6.74. The van der Waals surface area contributed by atoms with Gasteiger partial charge >= 0.3 is 0 Å². The van der Waals surface area contributed by atoms with Gasteiger partial charge in [0.25, 0.3) is 0 Å². The van der Waals surface area contributed by atoms with Crippen molar-refractivity contribution in [1.29, 1.82) is 0 Å². The molecule has 0 saturated carbocycles. The number of hydrogen-bond donors (Lipinski definition) is 0. The molecule has 0 radical (unpaired) electrons. The third kappa shape index (κ3) is 3.22. The maximum Gasteiger partial charge on any atom is -0.0152 e. The van der Waals surface area contributed by atoms with E-state index in [1.807, 2.05) is 0 Å². The van der Waals surface area contributed by atoms with Crippen LogP contribution < -0.4 is 0 Å². The molecule has 0 aliphatic carbocycles. The predicted molar refractivity (Wildman–Crippen MR) is 101 cm³/mol. The monoisotopic (exact) mass is 300 g/mol. The number of aryl methyl sites for hydroxylation is 1. The molecular formula is C23H24. The van der Waals surface area contributed by atoms with E-state index in [2.05, 4.69) is 87.5 Å². The Morgan fingerprint density at radius 3 is 1.87 bits per heavy atom. The molecule has 23 heavy (non-hydrogen) atoms. The van der Waals surface area contributed by atoms with Gasteiger partial charge in [-0.1, -0.05) is 80.1 Å². The molecule has 0 atom stereocenters. The molecule has 0 amide bonds. The Labute approximate surface area is 139 Å². The van der Waals surface area contributed by atoms with E-state index in [0.29, 0.717) is 0 Å². The van der Waals surface area contributed by atoms with E-state index in [9.17, 15) is 0 Å². The van der Waals surface area contributed by atoms with Crippen LogP contribution in [0.2, 0.25) is 0 Å². The summed E-state index contributed by atoms with van der Waals surface area (Å²) in [6, 6.07) is 24.0. The second kappa shape index (κ2) is 6.83. The molecule has 3 aromatic carbocycles. The first-order valence-corrected chi connectivity index (χ1v) is 8.45. The van der Waals surface area contributed by atoms with Gasteiger partial charge in [0.15, 0.2) is 0 Å². The largest absolute Gasteiger partial charge is 0.0651 e. The molecule has 0 aliphatic rings. The van der Waals surface area contributed by atoms with Crippen molar-refractivity contribution in [2.24, 2.45) is 0 Å². The highest BCUT2D eigenvalue weighted by atomic mass is 14.1. The maximum absolute atomic E-state index is 2.30. The molecule has 0 unspecified atom stereocenters. The first kappa shape index (κ1) is 15.6. The summed E-state index contributed by atoms with van der Waals surface area (Å²) < 4.78 is 0. The number of benzene rings is 3. The van der Waals surface area contributed by atoms with Gasteiger partial charge in [-0.2, -0.15) is 0 Å². The van der Waals surface area contributed by atoms with Crippen LogP contribution in [0.4, 0.5) is 0 Å². The van der Waals surface area contributed by atoms with Crippen molar-refractivity contribution in [3.05, 3.63) is 83.4 Å². The second-order valence-corrected chi connectivity index (χ2v) is 6.22. The molecule has 0 heterocycles. The molecule has 0 aromatic heterocycles. The van der Waals surface area contributed by atoms with Crippen LogP contribution in [0.5, 0.6) is 0 Å². The maximum atomic E-state index is 2.30. The Hall–Kier alpha value is -2.34. The predicted octanol–water partition coefficient (Wildman–Crippen LogP) is 6.59. The summed E-state index contributed by atoms with van der Waals surface area (Å²) >= 11 is 0. The van der Waals surface area contributed by atoms with Gasteiger partial charge in [0.05, 0.1) is 0 Å². The Morgan fingerprint density at radius 1 is 0.609 bits per heavy atom. The molecule has 0 nitrogen and oxygen atoms in total. The van der Waals surface area contributed by atoms with Gasteiger partial charge in [-0.05, 0) is 59.2 Å². The fourth-order valence-electron chi connectivity index (χ4n) is 3.20. The van der Waals surface area contributed by atoms with Crippen LogP contribution in [0.3, 0.4) is 0 Å². The van der Waals surface area contributed by atoms with Crippen LogP contribution in [0.25, 0.3) is 22.3 Å². The summed E-state index contributed by atoms with van der Waals surface area (Å²) in [5.74, 6) is 0. The molecular weight excluding hydrogens is 276 g/mol. The van der Waals surface area contributed by atoms with E-state index in [-0.39, 0.29) is 0 Å². The SMILES string of the molecule is CCCc1ccc(-c2ccc(-c3ccccc3)cc2)c(C)c1C. The molecule has 3 aromatic rings. The van der Waals surface area contributed by atoms with E-state index in [1.165, 1.54) is 51.8 Å². The van der Waals surface area contributed by atoms with Crippen molar-refractivity contribution >= 4 is 0 Å². The van der Waals surface area contributed by atoms with Crippen LogP contribution in [0, 0.1) is 13.8 Å². The van der Waals surface area contributed by atoms with Gasteiger partial charge in [0, 0.05) is 0 Å². The lowest BCUT2D eigenvalue weighted by atomic mass is 9.91. The van der Waals surface area contributed by atoms with Gasteiger partial charge in [-0.25, -0.2) is 0 Å². The van der Waals surface area contributed by atoms with Crippen molar-refractivity contribution in [2.75, 3.05) is 0 Å². The summed E-state index contributed by atoms with van der Waals surface area (Å²) in [7, 11) is 0. The quantitative estimate of drug-likeness (QED) is 0.510. The highest BCUT2D eigenvalue weighted by Crippen LogP contribution is 2.30. The standard InChI is InChI=1S/C23H24/c1-4-8-19-15-16-23(18(3)17(19)2)22-13-11-21(12-14-22)20-9-6-5-7-10-20/h5-7,9-16H,4,8H2,1-3H3. The fraction of sp³-hybridized carbons (Fsp3) is 0.217. The smallest absolute Gasteiger partial charge is 0.0152 e. The van der Waals surface area contributed by atoms with Crippen LogP contribution in [-0.4, -0.2) is 0 Å². The molecule has 0 saturated heterocycles. The van der Waals surface area contributed by atoms with Gasteiger partial charge in [-0.3, -0.25) is 0 Å². The van der Waals surface area contributed by atoms with Crippen molar-refractivity contribution in [2.45, 2.75) is 33.6 Å². The first-order valence-electron chi connectivity index (χ1n) is 8.45. The van der Waals surface area contributed by atoms with Crippen molar-refractivity contribution in [1.82, 2.24) is 0 Å². The lowest BCUT2D eigenvalue weighted by molar-refractivity contribution is 0.910. The molecule has 0 bridgehead atoms. The van der Waals surface area contributed by atoms with Gasteiger partial charge < -0.3 is 0 Å². The molecule has 116 valence electrons. The third-order valence-corrected chi connectivity index (χ3v) is 4.72. The fourth-order valence-corrected chi connectivity index (χ4v) is 3.20. The minimum absolute atomic E-state index is 1.17. The van der Waals surface area contributed by atoms with Crippen molar-refractivity contribution in [3.8, 4) is 22.3 Å². The summed E-state index contributed by atoms with van der Waals surface area (Å²) in [6.07, 6.45) is 2.37. The van der Waals surface area contributed by atoms with E-state index in [4.69, 9.17) is 0 Å². The van der Waals surface area contributed by atoms with Crippen LogP contribution >= 0.6 is 0 Å². The third-order valence-electron chi connectivity index (χ3n) is 4.72. The molecule has 0 fully saturated rings. The van der Waals surface area contributed by atoms with E-state index >= 15 is 0 Å². The normalized spacial score (nSPS) is 10.7. The zero-order valence-electron chi connectivity index (χ0n) is 14.3. The Morgan fingerprint density at radius 2 is 1.22 bits per heavy atom. The highest BCUT2D eigenvalue weighted by molar-refractivity contribution is 5.73. The minimum Gasteiger partial charge on any atom is -0.0651 e. The highest BCUT2D eigenvalue weighted by Gasteiger charge is 2.08. The van der Waals surface area contributed by atoms with Gasteiger partial charge in [0.2, 0.25) is 0 Å².